The number of hydrogen-bond donors (Lipinski definition) is 10. The number of carboxylic acids is 2. The second-order valence-corrected chi connectivity index (χ2v) is 8.13. The van der Waals surface area contributed by atoms with Crippen LogP contribution in [-0.2, 0) is 28.8 Å². The molecule has 0 aromatic heterocycles. The van der Waals surface area contributed by atoms with Gasteiger partial charge in [-0.1, -0.05) is 0 Å². The molecule has 0 aliphatic rings. The van der Waals surface area contributed by atoms with Crippen LogP contribution in [-0.4, -0.2) is 89.0 Å². The lowest BCUT2D eigenvalue weighted by Gasteiger charge is -2.25. The van der Waals surface area contributed by atoms with E-state index in [-0.39, 0.29) is 31.8 Å². The number of nitrogens with zero attached hydrogens (tertiary/aromatic N) is 1. The van der Waals surface area contributed by atoms with E-state index in [1.165, 1.54) is 0 Å². The molecule has 0 heterocycles. The Kier molecular flexibility index (Phi) is 15.6. The van der Waals surface area contributed by atoms with Crippen molar-refractivity contribution in [3.63, 3.8) is 0 Å². The van der Waals surface area contributed by atoms with Crippen LogP contribution in [0.3, 0.4) is 0 Å². The summed E-state index contributed by atoms with van der Waals surface area (Å²) in [5.74, 6) is -6.63. The third-order valence-electron chi connectivity index (χ3n) is 4.91. The fourth-order valence-electron chi connectivity index (χ4n) is 3.04. The molecule has 0 spiro atoms. The average molecular weight is 532 g/mol. The molecule has 0 radical (unpaired) electrons. The number of carbonyl (C=O) groups excluding carboxylic acids is 4. The van der Waals surface area contributed by atoms with Crippen LogP contribution < -0.4 is 44.6 Å². The normalized spacial score (nSPS) is 13.8. The number of carbonyl (C=O) groups is 6. The number of aliphatic imine (C=N–C) groups is 1. The van der Waals surface area contributed by atoms with Gasteiger partial charge in [-0.05, 0) is 38.6 Å². The molecule has 0 aromatic rings. The molecule has 37 heavy (non-hydrogen) atoms. The van der Waals surface area contributed by atoms with Crippen LogP contribution in [0.4, 0.5) is 0 Å². The lowest BCUT2D eigenvalue weighted by Crippen LogP contribution is -2.57. The molecule has 17 nitrogen and oxygen atoms in total. The number of aliphatic carboxylic acids is 2. The Morgan fingerprint density at radius 2 is 1.24 bits per heavy atom. The quantitative estimate of drug-likeness (QED) is 0.0427. The van der Waals surface area contributed by atoms with E-state index in [1.807, 2.05) is 0 Å². The third-order valence-corrected chi connectivity index (χ3v) is 4.91. The van der Waals surface area contributed by atoms with Gasteiger partial charge in [0.05, 0.1) is 18.9 Å². The maximum Gasteiger partial charge on any atom is 0.326 e. The summed E-state index contributed by atoms with van der Waals surface area (Å²) < 4.78 is 0. The van der Waals surface area contributed by atoms with E-state index in [1.54, 1.807) is 0 Å². The number of rotatable bonds is 19. The highest BCUT2D eigenvalue weighted by molar-refractivity contribution is 5.95. The predicted molar refractivity (Wildman–Crippen MR) is 130 cm³/mol. The van der Waals surface area contributed by atoms with E-state index < -0.39 is 72.6 Å². The number of primary amides is 1. The largest absolute Gasteiger partial charge is 0.481 e. The summed E-state index contributed by atoms with van der Waals surface area (Å²) in [5.41, 5.74) is 26.6. The van der Waals surface area contributed by atoms with Crippen LogP contribution in [0.15, 0.2) is 4.99 Å². The number of guanidine groups is 1. The van der Waals surface area contributed by atoms with E-state index in [0.29, 0.717) is 19.4 Å². The first-order chi connectivity index (χ1) is 17.3. The Bertz CT molecular complexity index is 848. The van der Waals surface area contributed by atoms with Crippen LogP contribution in [0, 0.1) is 0 Å². The molecule has 0 saturated carbocycles. The van der Waals surface area contributed by atoms with E-state index >= 15 is 0 Å². The molecular formula is C20H37N9O8. The van der Waals surface area contributed by atoms with Crippen molar-refractivity contribution in [1.29, 1.82) is 0 Å². The van der Waals surface area contributed by atoms with Crippen LogP contribution in [0.1, 0.15) is 44.9 Å². The lowest BCUT2D eigenvalue weighted by molar-refractivity contribution is -0.143. The van der Waals surface area contributed by atoms with E-state index in [4.69, 9.17) is 33.8 Å². The van der Waals surface area contributed by atoms with Crippen molar-refractivity contribution < 1.29 is 39.0 Å². The molecule has 0 rings (SSSR count). The fraction of sp³-hybridized carbons (Fsp3) is 0.650. The molecule has 15 N–H and O–H groups in total. The zero-order chi connectivity index (χ0) is 28.5. The van der Waals surface area contributed by atoms with Gasteiger partial charge >= 0.3 is 11.9 Å². The highest BCUT2D eigenvalue weighted by Gasteiger charge is 2.30. The van der Waals surface area contributed by atoms with E-state index in [0.717, 1.165) is 0 Å². The lowest BCUT2D eigenvalue weighted by atomic mass is 10.0. The van der Waals surface area contributed by atoms with Gasteiger partial charge in [0.1, 0.15) is 18.1 Å². The number of unbranched alkanes of at least 4 members (excludes halogenated alkanes) is 1. The zero-order valence-corrected chi connectivity index (χ0v) is 20.4. The van der Waals surface area contributed by atoms with Gasteiger partial charge in [0.25, 0.3) is 0 Å². The van der Waals surface area contributed by atoms with Crippen LogP contribution in [0.5, 0.6) is 0 Å². The minimum absolute atomic E-state index is 0.0424. The van der Waals surface area contributed by atoms with Crippen molar-refractivity contribution >= 4 is 41.5 Å². The Morgan fingerprint density at radius 1 is 0.730 bits per heavy atom. The minimum Gasteiger partial charge on any atom is -0.481 e. The first-order valence-corrected chi connectivity index (χ1v) is 11.4. The van der Waals surface area contributed by atoms with Crippen molar-refractivity contribution in [3.05, 3.63) is 0 Å². The number of nitrogens with two attached hydrogens (primary N) is 5. The molecule has 0 aromatic carbocycles. The molecule has 0 bridgehead atoms. The second-order valence-electron chi connectivity index (χ2n) is 8.13. The van der Waals surface area contributed by atoms with E-state index in [9.17, 15) is 33.9 Å². The maximum absolute atomic E-state index is 13.0. The summed E-state index contributed by atoms with van der Waals surface area (Å²) in [7, 11) is 0. The number of amides is 4. The highest BCUT2D eigenvalue weighted by atomic mass is 16.4. The minimum atomic E-state index is -1.64. The maximum atomic E-state index is 13.0. The van der Waals surface area contributed by atoms with Gasteiger partial charge in [-0.15, -0.1) is 0 Å². The molecular weight excluding hydrogens is 494 g/mol. The average Bonchev–Trinajstić information content (AvgIpc) is 2.78. The molecule has 210 valence electrons. The van der Waals surface area contributed by atoms with Gasteiger partial charge in [0.2, 0.25) is 23.6 Å². The van der Waals surface area contributed by atoms with Crippen LogP contribution in [0.2, 0.25) is 0 Å². The molecule has 0 fully saturated rings. The first-order valence-electron chi connectivity index (χ1n) is 11.4. The summed E-state index contributed by atoms with van der Waals surface area (Å²) in [6.45, 7) is 0.402. The monoisotopic (exact) mass is 531 g/mol. The van der Waals surface area contributed by atoms with Crippen molar-refractivity contribution in [2.24, 2.45) is 33.7 Å². The Balaban J connectivity index is 5.68. The smallest absolute Gasteiger partial charge is 0.326 e. The Hall–Kier alpha value is -3.99. The molecule has 4 amide bonds. The topological polar surface area (TPSA) is 321 Å². The number of nitrogens with one attached hydrogen (secondary N) is 3. The van der Waals surface area contributed by atoms with Gasteiger partial charge in [-0.2, -0.15) is 0 Å². The molecule has 0 saturated heterocycles. The first kappa shape index (κ1) is 33.0. The van der Waals surface area contributed by atoms with E-state index in [2.05, 4.69) is 20.9 Å². The zero-order valence-electron chi connectivity index (χ0n) is 20.4. The Labute approximate surface area is 212 Å². The molecule has 0 aliphatic heterocycles. The summed E-state index contributed by atoms with van der Waals surface area (Å²) in [6, 6.07) is -5.58. The van der Waals surface area contributed by atoms with Crippen molar-refractivity contribution in [2.45, 2.75) is 69.1 Å². The van der Waals surface area contributed by atoms with Gasteiger partial charge in [0, 0.05) is 6.54 Å². The molecule has 17 heteroatoms. The molecule has 4 atom stereocenters. The fourth-order valence-corrected chi connectivity index (χ4v) is 3.04. The highest BCUT2D eigenvalue weighted by Crippen LogP contribution is 2.06. The van der Waals surface area contributed by atoms with Gasteiger partial charge in [-0.25, -0.2) is 4.79 Å². The number of carboxylic acid groups (broad SMARTS) is 2. The third kappa shape index (κ3) is 14.9. The Morgan fingerprint density at radius 3 is 1.70 bits per heavy atom. The van der Waals surface area contributed by atoms with Gasteiger partial charge in [-0.3, -0.25) is 29.0 Å². The van der Waals surface area contributed by atoms with Gasteiger partial charge < -0.3 is 54.8 Å². The molecule has 0 aliphatic carbocycles. The van der Waals surface area contributed by atoms with Gasteiger partial charge in [0.15, 0.2) is 5.96 Å². The SMILES string of the molecule is NCCCCC(NC(=O)C(N)CC(=O)O)C(=O)NC(CCCN=C(N)N)C(=O)NC(CC(N)=O)C(=O)O. The number of hydrogen-bond acceptors (Lipinski definition) is 9. The van der Waals surface area contributed by atoms with Crippen LogP contribution >= 0.6 is 0 Å². The summed E-state index contributed by atoms with van der Waals surface area (Å²) in [4.78, 5) is 75.3. The van der Waals surface area contributed by atoms with Crippen molar-refractivity contribution in [2.75, 3.05) is 13.1 Å². The van der Waals surface area contributed by atoms with Crippen LogP contribution in [0.25, 0.3) is 0 Å². The standard InChI is InChI=1S/C20H37N9O8/c21-6-2-1-4-11(27-16(33)10(22)8-15(31)32)17(34)28-12(5-3-7-26-20(24)25)18(35)29-13(19(36)37)9-14(23)30/h10-13H,1-9,21-22H2,(H2,23,30)(H,27,33)(H,28,34)(H,29,35)(H,31,32)(H,36,37)(H4,24,25,26). The predicted octanol–water partition coefficient (Wildman–Crippen LogP) is -4.61. The van der Waals surface area contributed by atoms with Crippen molar-refractivity contribution in [1.82, 2.24) is 16.0 Å². The second kappa shape index (κ2) is 17.4. The molecule has 4 unspecified atom stereocenters. The van der Waals surface area contributed by atoms with Crippen molar-refractivity contribution in [3.8, 4) is 0 Å². The summed E-state index contributed by atoms with van der Waals surface area (Å²) in [5, 5.41) is 25.1. The summed E-state index contributed by atoms with van der Waals surface area (Å²) in [6.07, 6.45) is -0.196. The summed E-state index contributed by atoms with van der Waals surface area (Å²) >= 11 is 0.